The average molecular weight is 298 g/mol. The van der Waals surface area contributed by atoms with Crippen molar-refractivity contribution < 1.29 is 13.2 Å². The molecule has 1 N–H and O–H groups in total. The van der Waals surface area contributed by atoms with E-state index in [1.54, 1.807) is 0 Å². The first-order valence-electron chi connectivity index (χ1n) is 7.66. The molecule has 0 radical (unpaired) electrons. The Morgan fingerprint density at radius 1 is 1.14 bits per heavy atom. The zero-order chi connectivity index (χ0) is 14.9. The summed E-state index contributed by atoms with van der Waals surface area (Å²) < 4.78 is 37.9. The summed E-state index contributed by atoms with van der Waals surface area (Å²) in [4.78, 5) is 2.18. The fourth-order valence-corrected chi connectivity index (χ4v) is 3.44. The second-order valence-corrected chi connectivity index (χ2v) is 6.11. The molecular weight excluding hydrogens is 277 g/mol. The lowest BCUT2D eigenvalue weighted by Crippen LogP contribution is -2.39. The van der Waals surface area contributed by atoms with Crippen molar-refractivity contribution in [3.8, 4) is 0 Å². The molecule has 2 aliphatic heterocycles. The second kappa shape index (κ2) is 5.87. The maximum absolute atomic E-state index is 12.6. The molecule has 2 aliphatic rings. The molecule has 1 aromatic rings. The quantitative estimate of drug-likeness (QED) is 0.911. The third-order valence-corrected chi connectivity index (χ3v) is 4.78. The number of fused-ring (bicyclic) bond motifs is 1. The molecule has 0 amide bonds. The lowest BCUT2D eigenvalue weighted by atomic mass is 9.94. The highest BCUT2D eigenvalue weighted by molar-refractivity contribution is 5.57. The topological polar surface area (TPSA) is 15.3 Å². The summed E-state index contributed by atoms with van der Waals surface area (Å²) in [5.74, 6) is -0.607. The van der Waals surface area contributed by atoms with Gasteiger partial charge < -0.3 is 10.2 Å². The highest BCUT2D eigenvalue weighted by atomic mass is 19.4. The lowest BCUT2D eigenvalue weighted by Gasteiger charge is -2.33. The number of piperidine rings is 1. The van der Waals surface area contributed by atoms with E-state index < -0.39 is 12.1 Å². The van der Waals surface area contributed by atoms with E-state index in [-0.39, 0.29) is 12.8 Å². The molecule has 0 aliphatic carbocycles. The van der Waals surface area contributed by atoms with Crippen LogP contribution >= 0.6 is 0 Å². The molecule has 1 unspecified atom stereocenters. The molecular formula is C16H21F3N2. The van der Waals surface area contributed by atoms with Gasteiger partial charge in [0.25, 0.3) is 0 Å². The molecule has 3 rings (SSSR count). The van der Waals surface area contributed by atoms with Gasteiger partial charge in [-0.3, -0.25) is 0 Å². The number of nitrogens with one attached hydrogen (secondary N) is 1. The molecule has 1 saturated heterocycles. The van der Waals surface area contributed by atoms with Crippen molar-refractivity contribution >= 4 is 5.69 Å². The molecule has 5 heteroatoms. The highest BCUT2D eigenvalue weighted by Crippen LogP contribution is 2.36. The number of hydrogen-bond acceptors (Lipinski definition) is 2. The van der Waals surface area contributed by atoms with Gasteiger partial charge in [0.2, 0.25) is 0 Å². The zero-order valence-electron chi connectivity index (χ0n) is 12.0. The Balaban J connectivity index is 1.47. The summed E-state index contributed by atoms with van der Waals surface area (Å²) >= 11 is 0. The van der Waals surface area contributed by atoms with Gasteiger partial charge in [0, 0.05) is 18.2 Å². The van der Waals surface area contributed by atoms with Crippen LogP contribution in [0, 0.1) is 5.92 Å². The van der Waals surface area contributed by atoms with Crippen LogP contribution in [-0.2, 0) is 0 Å². The number of hydrogen-bond donors (Lipinski definition) is 1. The Bertz CT molecular complexity index is 479. The molecule has 0 aromatic heterocycles. The van der Waals surface area contributed by atoms with Crippen molar-refractivity contribution in [2.75, 3.05) is 31.5 Å². The normalized spacial score (nSPS) is 23.9. The summed E-state index contributed by atoms with van der Waals surface area (Å²) in [5, 5.41) is 3.40. The molecule has 1 fully saturated rings. The van der Waals surface area contributed by atoms with Crippen LogP contribution in [0.1, 0.15) is 30.7 Å². The first kappa shape index (κ1) is 14.7. The number of nitrogens with zero attached hydrogens (tertiary/aromatic N) is 1. The largest absolute Gasteiger partial charge is 0.391 e. The number of alkyl halides is 3. The number of anilines is 1. The van der Waals surface area contributed by atoms with Crippen molar-refractivity contribution in [2.24, 2.45) is 5.92 Å². The van der Waals surface area contributed by atoms with Crippen LogP contribution in [0.4, 0.5) is 18.9 Å². The minimum absolute atomic E-state index is 0.253. The summed E-state index contributed by atoms with van der Waals surface area (Å²) in [6.45, 7) is 2.99. The van der Waals surface area contributed by atoms with Crippen molar-refractivity contribution in [3.63, 3.8) is 0 Å². The molecule has 116 valence electrons. The number of likely N-dealkylation sites (tertiary alicyclic amines) is 1. The number of benzene rings is 1. The zero-order valence-corrected chi connectivity index (χ0v) is 12.0. The van der Waals surface area contributed by atoms with E-state index in [0.29, 0.717) is 19.0 Å². The molecule has 0 spiro atoms. The van der Waals surface area contributed by atoms with E-state index in [9.17, 15) is 13.2 Å². The van der Waals surface area contributed by atoms with Crippen LogP contribution in [0.5, 0.6) is 0 Å². The van der Waals surface area contributed by atoms with Crippen molar-refractivity contribution in [1.82, 2.24) is 4.90 Å². The van der Waals surface area contributed by atoms with Crippen LogP contribution in [0.15, 0.2) is 24.3 Å². The summed E-state index contributed by atoms with van der Waals surface area (Å²) in [7, 11) is 0. The average Bonchev–Trinajstić information content (AvgIpc) is 2.88. The van der Waals surface area contributed by atoms with Crippen molar-refractivity contribution in [1.29, 1.82) is 0 Å². The molecule has 2 nitrogen and oxygen atoms in total. The fourth-order valence-electron chi connectivity index (χ4n) is 3.44. The SMILES string of the molecule is FC(F)(F)C1CCN(CCC2CNc3ccccc32)CC1. The van der Waals surface area contributed by atoms with E-state index in [1.807, 2.05) is 12.1 Å². The predicted molar refractivity (Wildman–Crippen MR) is 77.5 cm³/mol. The van der Waals surface area contributed by atoms with Crippen LogP contribution < -0.4 is 5.32 Å². The van der Waals surface area contributed by atoms with E-state index in [1.165, 1.54) is 11.3 Å². The monoisotopic (exact) mass is 298 g/mol. The van der Waals surface area contributed by atoms with Gasteiger partial charge in [-0.1, -0.05) is 18.2 Å². The minimum Gasteiger partial charge on any atom is -0.384 e. The summed E-state index contributed by atoms with van der Waals surface area (Å²) in [5.41, 5.74) is 2.56. The summed E-state index contributed by atoms with van der Waals surface area (Å²) in [6.07, 6.45) is -2.49. The standard InChI is InChI=1S/C16H21F3N2/c17-16(18,19)13-6-9-21(10-7-13)8-5-12-11-20-15-4-2-1-3-14(12)15/h1-4,12-13,20H,5-11H2. The van der Waals surface area contributed by atoms with Crippen LogP contribution in [0.2, 0.25) is 0 Å². The van der Waals surface area contributed by atoms with Gasteiger partial charge in [-0.15, -0.1) is 0 Å². The first-order chi connectivity index (χ1) is 10.0. The Morgan fingerprint density at radius 3 is 2.57 bits per heavy atom. The van der Waals surface area contributed by atoms with E-state index in [0.717, 1.165) is 19.5 Å². The Morgan fingerprint density at radius 2 is 1.86 bits per heavy atom. The molecule has 1 atom stereocenters. The van der Waals surface area contributed by atoms with E-state index in [2.05, 4.69) is 22.3 Å². The number of para-hydroxylation sites is 1. The number of halogens is 3. The van der Waals surface area contributed by atoms with E-state index >= 15 is 0 Å². The Labute approximate surface area is 123 Å². The highest BCUT2D eigenvalue weighted by Gasteiger charge is 2.41. The predicted octanol–water partition coefficient (Wildman–Crippen LogP) is 3.86. The molecule has 0 bridgehead atoms. The molecule has 0 saturated carbocycles. The van der Waals surface area contributed by atoms with Crippen LogP contribution in [-0.4, -0.2) is 37.3 Å². The maximum atomic E-state index is 12.6. The van der Waals surface area contributed by atoms with Crippen molar-refractivity contribution in [3.05, 3.63) is 29.8 Å². The molecule has 2 heterocycles. The lowest BCUT2D eigenvalue weighted by molar-refractivity contribution is -0.185. The van der Waals surface area contributed by atoms with Gasteiger partial charge in [0.15, 0.2) is 0 Å². The minimum atomic E-state index is -4.01. The van der Waals surface area contributed by atoms with Crippen LogP contribution in [0.3, 0.4) is 0 Å². The van der Waals surface area contributed by atoms with Gasteiger partial charge in [-0.25, -0.2) is 0 Å². The summed E-state index contributed by atoms with van der Waals surface area (Å²) in [6, 6.07) is 8.31. The Hall–Kier alpha value is -1.23. The van der Waals surface area contributed by atoms with Gasteiger partial charge >= 0.3 is 6.18 Å². The van der Waals surface area contributed by atoms with Gasteiger partial charge in [0.1, 0.15) is 0 Å². The number of rotatable bonds is 3. The van der Waals surface area contributed by atoms with Gasteiger partial charge in [-0.2, -0.15) is 13.2 Å². The Kier molecular flexibility index (Phi) is 4.11. The second-order valence-electron chi connectivity index (χ2n) is 6.11. The van der Waals surface area contributed by atoms with Gasteiger partial charge in [-0.05, 0) is 50.5 Å². The van der Waals surface area contributed by atoms with Gasteiger partial charge in [0.05, 0.1) is 5.92 Å². The smallest absolute Gasteiger partial charge is 0.384 e. The van der Waals surface area contributed by atoms with Crippen LogP contribution in [0.25, 0.3) is 0 Å². The third-order valence-electron chi connectivity index (χ3n) is 4.78. The third kappa shape index (κ3) is 3.34. The van der Waals surface area contributed by atoms with Crippen molar-refractivity contribution in [2.45, 2.75) is 31.4 Å². The first-order valence-corrected chi connectivity index (χ1v) is 7.66. The molecule has 21 heavy (non-hydrogen) atoms. The maximum Gasteiger partial charge on any atom is 0.391 e. The fraction of sp³-hybridized carbons (Fsp3) is 0.625. The van der Waals surface area contributed by atoms with E-state index in [4.69, 9.17) is 0 Å². The molecule has 1 aromatic carbocycles.